The van der Waals surface area contributed by atoms with Gasteiger partial charge in [0.05, 0.1) is 5.56 Å². The molecule has 1 aliphatic rings. The standard InChI is InChI=1S/C19H20ClN3O2S/c1-2-23-10-9-13-15(11-23)26-19(17(13)18(21)25)22-16(24)8-7-12-5-3-4-6-14(12)20/h3-8H,2,9-11H2,1H3,(H2,21,25)(H,22,24). The van der Waals surface area contributed by atoms with Gasteiger partial charge in [0.25, 0.3) is 5.91 Å². The Hall–Kier alpha value is -2.15. The lowest BCUT2D eigenvalue weighted by Gasteiger charge is -2.25. The molecule has 1 aromatic heterocycles. The van der Waals surface area contributed by atoms with Crippen LogP contribution < -0.4 is 11.1 Å². The van der Waals surface area contributed by atoms with E-state index < -0.39 is 5.91 Å². The summed E-state index contributed by atoms with van der Waals surface area (Å²) in [4.78, 5) is 27.6. The van der Waals surface area contributed by atoms with Crippen molar-refractivity contribution in [2.45, 2.75) is 19.9 Å². The number of rotatable bonds is 5. The summed E-state index contributed by atoms with van der Waals surface area (Å²) in [6.07, 6.45) is 3.82. The summed E-state index contributed by atoms with van der Waals surface area (Å²) < 4.78 is 0. The van der Waals surface area contributed by atoms with E-state index in [9.17, 15) is 9.59 Å². The summed E-state index contributed by atoms with van der Waals surface area (Å²) in [5, 5.41) is 3.89. The fourth-order valence-corrected chi connectivity index (χ4v) is 4.50. The van der Waals surface area contributed by atoms with E-state index in [0.717, 1.165) is 42.1 Å². The van der Waals surface area contributed by atoms with E-state index in [1.165, 1.54) is 17.4 Å². The highest BCUT2D eigenvalue weighted by Gasteiger charge is 2.26. The number of halogens is 1. The van der Waals surface area contributed by atoms with Crippen molar-refractivity contribution in [3.05, 3.63) is 56.9 Å². The van der Waals surface area contributed by atoms with Gasteiger partial charge in [0.1, 0.15) is 5.00 Å². The zero-order valence-electron chi connectivity index (χ0n) is 14.4. The SMILES string of the molecule is CCN1CCc2c(sc(NC(=O)C=Cc3ccccc3Cl)c2C(N)=O)C1. The average molecular weight is 390 g/mol. The Morgan fingerprint density at radius 3 is 2.85 bits per heavy atom. The first kappa shape index (κ1) is 18.6. The van der Waals surface area contributed by atoms with Gasteiger partial charge < -0.3 is 11.1 Å². The molecule has 0 saturated carbocycles. The Morgan fingerprint density at radius 2 is 2.15 bits per heavy atom. The van der Waals surface area contributed by atoms with E-state index >= 15 is 0 Å². The third-order valence-corrected chi connectivity index (χ3v) is 5.86. The molecule has 3 N–H and O–H groups in total. The van der Waals surface area contributed by atoms with E-state index in [4.69, 9.17) is 17.3 Å². The van der Waals surface area contributed by atoms with Crippen LogP contribution in [0.25, 0.3) is 6.08 Å². The van der Waals surface area contributed by atoms with Crippen molar-refractivity contribution in [1.82, 2.24) is 4.90 Å². The highest BCUT2D eigenvalue weighted by Crippen LogP contribution is 2.36. The number of likely N-dealkylation sites (N-methyl/N-ethyl adjacent to an activating group) is 1. The van der Waals surface area contributed by atoms with Crippen molar-refractivity contribution in [3.63, 3.8) is 0 Å². The zero-order chi connectivity index (χ0) is 18.7. The van der Waals surface area contributed by atoms with E-state index in [-0.39, 0.29) is 5.91 Å². The average Bonchev–Trinajstić information content (AvgIpc) is 2.97. The molecule has 0 radical (unpaired) electrons. The van der Waals surface area contributed by atoms with Gasteiger partial charge in [-0.3, -0.25) is 14.5 Å². The molecule has 0 saturated heterocycles. The Labute approximate surface area is 161 Å². The molecule has 0 unspecified atom stereocenters. The van der Waals surface area contributed by atoms with Crippen molar-refractivity contribution in [2.24, 2.45) is 5.73 Å². The van der Waals surface area contributed by atoms with Gasteiger partial charge in [0.15, 0.2) is 0 Å². The zero-order valence-corrected chi connectivity index (χ0v) is 16.0. The first-order valence-corrected chi connectivity index (χ1v) is 9.59. The maximum atomic E-state index is 12.3. The number of amides is 2. The number of carbonyl (C=O) groups excluding carboxylic acids is 2. The Morgan fingerprint density at radius 1 is 1.38 bits per heavy atom. The van der Waals surface area contributed by atoms with E-state index in [1.54, 1.807) is 12.1 Å². The fraction of sp³-hybridized carbons (Fsp3) is 0.263. The maximum Gasteiger partial charge on any atom is 0.251 e. The van der Waals surface area contributed by atoms with Crippen LogP contribution in [0.5, 0.6) is 0 Å². The summed E-state index contributed by atoms with van der Waals surface area (Å²) in [5.41, 5.74) is 7.75. The highest BCUT2D eigenvalue weighted by molar-refractivity contribution is 7.17. The number of fused-ring (bicyclic) bond motifs is 1. The van der Waals surface area contributed by atoms with E-state index in [1.807, 2.05) is 18.2 Å². The molecule has 5 nitrogen and oxygen atoms in total. The summed E-state index contributed by atoms with van der Waals surface area (Å²) in [7, 11) is 0. The van der Waals surface area contributed by atoms with Crippen LogP contribution in [0.2, 0.25) is 5.02 Å². The number of carbonyl (C=O) groups is 2. The smallest absolute Gasteiger partial charge is 0.251 e. The monoisotopic (exact) mass is 389 g/mol. The van der Waals surface area contributed by atoms with Crippen LogP contribution in [-0.4, -0.2) is 29.8 Å². The van der Waals surface area contributed by atoms with Crippen LogP contribution in [0.15, 0.2) is 30.3 Å². The minimum absolute atomic E-state index is 0.321. The number of nitrogens with zero attached hydrogens (tertiary/aromatic N) is 1. The molecule has 2 aromatic rings. The molecule has 1 aromatic carbocycles. The van der Waals surface area contributed by atoms with Gasteiger partial charge in [-0.2, -0.15) is 0 Å². The maximum absolute atomic E-state index is 12.3. The second-order valence-corrected chi connectivity index (χ2v) is 7.55. The van der Waals surface area contributed by atoms with E-state index in [0.29, 0.717) is 15.6 Å². The summed E-state index contributed by atoms with van der Waals surface area (Å²) in [6.45, 7) is 4.73. The number of thiophene rings is 1. The number of primary amides is 1. The lowest BCUT2D eigenvalue weighted by Crippen LogP contribution is -2.30. The summed E-state index contributed by atoms with van der Waals surface area (Å²) in [6, 6.07) is 7.26. The van der Waals surface area contributed by atoms with Gasteiger partial charge in [-0.15, -0.1) is 11.3 Å². The molecule has 0 aliphatic carbocycles. The molecule has 136 valence electrons. The molecule has 0 spiro atoms. The highest BCUT2D eigenvalue weighted by atomic mass is 35.5. The predicted molar refractivity (Wildman–Crippen MR) is 107 cm³/mol. The third-order valence-electron chi connectivity index (χ3n) is 4.39. The van der Waals surface area contributed by atoms with Gasteiger partial charge in [-0.25, -0.2) is 0 Å². The third kappa shape index (κ3) is 3.98. The molecule has 2 amide bonds. The molecule has 1 aliphatic heterocycles. The van der Waals surface area contributed by atoms with Crippen molar-refractivity contribution in [2.75, 3.05) is 18.4 Å². The van der Waals surface area contributed by atoms with Crippen molar-refractivity contribution < 1.29 is 9.59 Å². The van der Waals surface area contributed by atoms with Crippen LogP contribution in [0.1, 0.15) is 33.3 Å². The van der Waals surface area contributed by atoms with Crippen LogP contribution in [0.4, 0.5) is 5.00 Å². The summed E-state index contributed by atoms with van der Waals surface area (Å²) >= 11 is 7.51. The minimum Gasteiger partial charge on any atom is -0.365 e. The van der Waals surface area contributed by atoms with Crippen LogP contribution in [-0.2, 0) is 17.8 Å². The molecule has 7 heteroatoms. The van der Waals surface area contributed by atoms with Gasteiger partial charge in [-0.1, -0.05) is 36.7 Å². The fourth-order valence-electron chi connectivity index (χ4n) is 3.00. The number of hydrogen-bond donors (Lipinski definition) is 2. The number of nitrogens with one attached hydrogen (secondary N) is 1. The Kier molecular flexibility index (Phi) is 5.76. The molecule has 0 atom stereocenters. The minimum atomic E-state index is -0.502. The Bertz CT molecular complexity index is 876. The normalized spacial score (nSPS) is 14.4. The number of hydrogen-bond acceptors (Lipinski definition) is 4. The van der Waals surface area contributed by atoms with Crippen LogP contribution >= 0.6 is 22.9 Å². The van der Waals surface area contributed by atoms with Crippen molar-refractivity contribution in [3.8, 4) is 0 Å². The number of benzene rings is 1. The molecule has 0 fully saturated rings. The second kappa shape index (κ2) is 8.03. The number of nitrogens with two attached hydrogens (primary N) is 1. The first-order chi connectivity index (χ1) is 12.5. The number of anilines is 1. The largest absolute Gasteiger partial charge is 0.365 e. The second-order valence-electron chi connectivity index (χ2n) is 6.04. The molecular weight excluding hydrogens is 370 g/mol. The Balaban J connectivity index is 1.81. The predicted octanol–water partition coefficient (Wildman–Crippen LogP) is 3.53. The van der Waals surface area contributed by atoms with Crippen LogP contribution in [0, 0.1) is 0 Å². The molecule has 2 heterocycles. The van der Waals surface area contributed by atoms with Gasteiger partial charge in [0.2, 0.25) is 5.91 Å². The molecule has 0 bridgehead atoms. The van der Waals surface area contributed by atoms with Crippen LogP contribution in [0.3, 0.4) is 0 Å². The van der Waals surface area contributed by atoms with Gasteiger partial charge in [-0.05, 0) is 36.2 Å². The summed E-state index contributed by atoms with van der Waals surface area (Å²) in [5.74, 6) is -0.823. The molecule has 26 heavy (non-hydrogen) atoms. The molecular formula is C19H20ClN3O2S. The van der Waals surface area contributed by atoms with Gasteiger partial charge in [0, 0.05) is 29.1 Å². The quantitative estimate of drug-likeness (QED) is 0.768. The van der Waals surface area contributed by atoms with Crippen molar-refractivity contribution >= 4 is 45.8 Å². The topological polar surface area (TPSA) is 75.4 Å². The lowest BCUT2D eigenvalue weighted by molar-refractivity contribution is -0.111. The van der Waals surface area contributed by atoms with E-state index in [2.05, 4.69) is 17.1 Å². The lowest BCUT2D eigenvalue weighted by atomic mass is 10.0. The first-order valence-electron chi connectivity index (χ1n) is 8.40. The van der Waals surface area contributed by atoms with Crippen molar-refractivity contribution in [1.29, 1.82) is 0 Å². The van der Waals surface area contributed by atoms with Gasteiger partial charge >= 0.3 is 0 Å². The molecule has 3 rings (SSSR count).